The third kappa shape index (κ3) is 15.4. The second-order valence-electron chi connectivity index (χ2n) is 12.0. The first-order chi connectivity index (χ1) is 25.8. The average molecular weight is 759 g/mol. The van der Waals surface area contributed by atoms with Crippen molar-refractivity contribution in [2.45, 2.75) is 62.4 Å². The molecule has 1 aliphatic rings. The van der Waals surface area contributed by atoms with Crippen molar-refractivity contribution in [3.05, 3.63) is 71.3 Å². The van der Waals surface area contributed by atoms with Crippen LogP contribution in [-0.4, -0.2) is 105 Å². The molecule has 3 rings (SSSR count). The number of guanidine groups is 1. The molecule has 0 unspecified atom stereocenters. The van der Waals surface area contributed by atoms with E-state index >= 15 is 0 Å². The molecule has 0 heterocycles. The van der Waals surface area contributed by atoms with Gasteiger partial charge >= 0.3 is 36.4 Å². The molecular formula is C34H46N8O12. The Hall–Kier alpha value is -6.47. The summed E-state index contributed by atoms with van der Waals surface area (Å²) in [7, 11) is 1.19. The van der Waals surface area contributed by atoms with Crippen LogP contribution in [-0.2, 0) is 41.3 Å². The van der Waals surface area contributed by atoms with Gasteiger partial charge in [-0.3, -0.25) is 9.79 Å². The first kappa shape index (κ1) is 41.9. The van der Waals surface area contributed by atoms with Crippen molar-refractivity contribution < 1.29 is 57.6 Å². The fraction of sp³-hybridized carbons (Fsp3) is 0.441. The molecule has 2 aromatic rings. The van der Waals surface area contributed by atoms with Crippen LogP contribution in [0.1, 0.15) is 42.0 Å². The lowest BCUT2D eigenvalue weighted by molar-refractivity contribution is -0.137. The van der Waals surface area contributed by atoms with Crippen LogP contribution in [0.4, 0.5) is 24.0 Å². The number of nitrogens with two attached hydrogens (primary N) is 3. The SMILES string of the molecule is COC(=O)N[C@@H](COC(=O)N[C@@H](COC(=O)N[C@H]1c2ccccc2C[C@H]1OC(=O)N[C@@H](CCCN=C(N)N)COC(N)=O)CC(=O)O)Cc1ccccc1. The maximum Gasteiger partial charge on any atom is 0.407 e. The maximum atomic E-state index is 13.0. The Labute approximate surface area is 310 Å². The number of ether oxygens (including phenoxy) is 5. The molecule has 54 heavy (non-hydrogen) atoms. The van der Waals surface area contributed by atoms with Gasteiger partial charge in [0.2, 0.25) is 0 Å². The zero-order valence-corrected chi connectivity index (χ0v) is 29.6. The molecule has 294 valence electrons. The van der Waals surface area contributed by atoms with Crippen LogP contribution >= 0.6 is 0 Å². The van der Waals surface area contributed by atoms with Crippen LogP contribution in [0, 0.1) is 0 Å². The third-order valence-corrected chi connectivity index (χ3v) is 7.88. The second-order valence-corrected chi connectivity index (χ2v) is 12.0. The number of primary amides is 1. The average Bonchev–Trinajstić information content (AvgIpc) is 3.46. The van der Waals surface area contributed by atoms with Gasteiger partial charge in [-0.25, -0.2) is 24.0 Å². The van der Waals surface area contributed by atoms with Crippen molar-refractivity contribution in [1.29, 1.82) is 0 Å². The topological polar surface area (TPSA) is 307 Å². The van der Waals surface area contributed by atoms with Gasteiger partial charge < -0.3 is 67.3 Å². The van der Waals surface area contributed by atoms with E-state index in [0.717, 1.165) is 11.1 Å². The van der Waals surface area contributed by atoms with Crippen LogP contribution in [0.25, 0.3) is 0 Å². The second kappa shape index (κ2) is 21.8. The Bertz CT molecular complexity index is 1610. The normalized spacial score (nSPS) is 15.8. The highest BCUT2D eigenvalue weighted by Crippen LogP contribution is 2.33. The fourth-order valence-electron chi connectivity index (χ4n) is 5.47. The van der Waals surface area contributed by atoms with Crippen LogP contribution < -0.4 is 38.5 Å². The van der Waals surface area contributed by atoms with E-state index < -0.39 is 79.7 Å². The van der Waals surface area contributed by atoms with E-state index in [-0.39, 0.29) is 32.1 Å². The molecule has 0 bridgehead atoms. The third-order valence-electron chi connectivity index (χ3n) is 7.88. The number of carboxylic acids is 1. The van der Waals surface area contributed by atoms with Crippen LogP contribution in [0.3, 0.4) is 0 Å². The molecule has 0 saturated carbocycles. The highest BCUT2D eigenvalue weighted by atomic mass is 16.6. The van der Waals surface area contributed by atoms with Gasteiger partial charge in [0.15, 0.2) is 5.96 Å². The van der Waals surface area contributed by atoms with E-state index in [0.29, 0.717) is 24.8 Å². The standard InChI is InChI=1S/C34H46N8O12/c1-50-31(46)40-23(14-20-8-3-2-4-9-20)18-52-32(47)41-24(16-27(43)44)19-53-33(48)42-28-25-12-6-5-10-21(25)15-26(28)54-34(49)39-22(17-51-30(37)45)11-7-13-38-29(35)36/h2-6,8-10,12,22-24,26,28H,7,11,13-19H2,1H3,(H2,37,45)(H,39,49)(H,40,46)(H,41,47)(H,42,48)(H,43,44)(H4,35,36,38)/t22-,23+,24+,26+,28-/m0/s1. The number of carbonyl (C=O) groups is 6. The number of benzene rings is 2. The zero-order chi connectivity index (χ0) is 39.5. The minimum atomic E-state index is -1.29. The zero-order valence-electron chi connectivity index (χ0n) is 29.6. The van der Waals surface area contributed by atoms with E-state index in [4.69, 9.17) is 36.1 Å². The number of aliphatic carboxylic acids is 1. The van der Waals surface area contributed by atoms with Crippen molar-refractivity contribution in [3.63, 3.8) is 0 Å². The van der Waals surface area contributed by atoms with Crippen molar-refractivity contribution in [2.24, 2.45) is 22.2 Å². The molecular weight excluding hydrogens is 712 g/mol. The smallest absolute Gasteiger partial charge is 0.407 e. The summed E-state index contributed by atoms with van der Waals surface area (Å²) in [6, 6.07) is 12.7. The van der Waals surface area contributed by atoms with Crippen molar-refractivity contribution in [1.82, 2.24) is 21.3 Å². The summed E-state index contributed by atoms with van der Waals surface area (Å²) < 4.78 is 25.8. The molecule has 0 spiro atoms. The van der Waals surface area contributed by atoms with Crippen LogP contribution in [0.5, 0.6) is 0 Å². The lowest BCUT2D eigenvalue weighted by Gasteiger charge is -2.24. The Morgan fingerprint density at radius 3 is 2.11 bits per heavy atom. The maximum absolute atomic E-state index is 13.0. The highest BCUT2D eigenvalue weighted by molar-refractivity contribution is 5.75. The van der Waals surface area contributed by atoms with Crippen molar-refractivity contribution in [2.75, 3.05) is 33.5 Å². The summed E-state index contributed by atoms with van der Waals surface area (Å²) in [6.07, 6.45) is -4.93. The quantitative estimate of drug-likeness (QED) is 0.0432. The molecule has 0 saturated heterocycles. The van der Waals surface area contributed by atoms with Gasteiger partial charge in [-0.15, -0.1) is 0 Å². The van der Waals surface area contributed by atoms with Gasteiger partial charge in [0.1, 0.15) is 25.9 Å². The predicted octanol–water partition coefficient (Wildman–Crippen LogP) is 1.16. The number of alkyl carbamates (subject to hydrolysis) is 4. The lowest BCUT2D eigenvalue weighted by Crippen LogP contribution is -2.45. The number of amides is 5. The lowest BCUT2D eigenvalue weighted by atomic mass is 10.1. The molecule has 5 atom stereocenters. The largest absolute Gasteiger partial charge is 0.481 e. The molecule has 20 heteroatoms. The Morgan fingerprint density at radius 1 is 0.796 bits per heavy atom. The number of nitrogens with one attached hydrogen (secondary N) is 4. The number of carboxylic acid groups (broad SMARTS) is 1. The van der Waals surface area contributed by atoms with E-state index in [1.54, 1.807) is 24.3 Å². The van der Waals surface area contributed by atoms with Gasteiger partial charge in [0.25, 0.3) is 0 Å². The monoisotopic (exact) mass is 758 g/mol. The number of rotatable bonds is 19. The predicted molar refractivity (Wildman–Crippen MR) is 190 cm³/mol. The molecule has 1 aliphatic carbocycles. The Balaban J connectivity index is 1.59. The van der Waals surface area contributed by atoms with Gasteiger partial charge in [-0.1, -0.05) is 54.6 Å². The molecule has 5 amide bonds. The molecule has 0 aliphatic heterocycles. The van der Waals surface area contributed by atoms with Gasteiger partial charge in [0.05, 0.1) is 37.7 Å². The summed E-state index contributed by atoms with van der Waals surface area (Å²) in [5.74, 6) is -1.39. The Kier molecular flexibility index (Phi) is 16.9. The number of methoxy groups -OCH3 is 1. The molecule has 0 radical (unpaired) electrons. The summed E-state index contributed by atoms with van der Waals surface area (Å²) in [5, 5.41) is 19.6. The van der Waals surface area contributed by atoms with Crippen LogP contribution in [0.15, 0.2) is 59.6 Å². The van der Waals surface area contributed by atoms with E-state index in [9.17, 15) is 33.9 Å². The van der Waals surface area contributed by atoms with E-state index in [1.807, 2.05) is 30.3 Å². The minimum absolute atomic E-state index is 0.101. The van der Waals surface area contributed by atoms with E-state index in [2.05, 4.69) is 31.0 Å². The summed E-state index contributed by atoms with van der Waals surface area (Å²) in [4.78, 5) is 77.2. The molecule has 0 aromatic heterocycles. The first-order valence-corrected chi connectivity index (χ1v) is 16.8. The van der Waals surface area contributed by atoms with Gasteiger partial charge in [-0.05, 0) is 36.0 Å². The number of aliphatic imine (C=N–C) groups is 1. The minimum Gasteiger partial charge on any atom is -0.481 e. The fourth-order valence-corrected chi connectivity index (χ4v) is 5.47. The van der Waals surface area contributed by atoms with Gasteiger partial charge in [-0.2, -0.15) is 0 Å². The Morgan fingerprint density at radius 2 is 1.43 bits per heavy atom. The molecule has 2 aromatic carbocycles. The summed E-state index contributed by atoms with van der Waals surface area (Å²) in [6.45, 7) is -0.846. The first-order valence-electron chi connectivity index (χ1n) is 16.8. The van der Waals surface area contributed by atoms with Crippen molar-refractivity contribution in [3.8, 4) is 0 Å². The molecule has 20 nitrogen and oxygen atoms in total. The number of nitrogens with zero attached hydrogens (tertiary/aromatic N) is 1. The molecule has 11 N–H and O–H groups in total. The van der Waals surface area contributed by atoms with E-state index in [1.165, 1.54) is 7.11 Å². The van der Waals surface area contributed by atoms with Crippen molar-refractivity contribution >= 4 is 42.4 Å². The summed E-state index contributed by atoms with van der Waals surface area (Å²) in [5.41, 5.74) is 18.1. The number of carbonyl (C=O) groups excluding carboxylic acids is 5. The highest BCUT2D eigenvalue weighted by Gasteiger charge is 2.37. The number of hydrogen-bond donors (Lipinski definition) is 8. The van der Waals surface area contributed by atoms with Gasteiger partial charge in [0, 0.05) is 13.0 Å². The molecule has 0 fully saturated rings. The summed E-state index contributed by atoms with van der Waals surface area (Å²) >= 11 is 0. The number of fused-ring (bicyclic) bond motifs is 1. The number of hydrogen-bond acceptors (Lipinski definition) is 12. The van der Waals surface area contributed by atoms with Crippen LogP contribution in [0.2, 0.25) is 0 Å².